The quantitative estimate of drug-likeness (QED) is 0.606. The highest BCUT2D eigenvalue weighted by Crippen LogP contribution is 2.27. The molecule has 136 valence electrons. The Hall–Kier alpha value is -2.24. The molecule has 1 N–H and O–H groups in total. The second-order valence-corrected chi connectivity index (χ2v) is 6.77. The molecule has 0 aliphatic carbocycles. The van der Waals surface area contributed by atoms with Crippen molar-refractivity contribution in [1.82, 2.24) is 14.7 Å². The normalized spacial score (nSPS) is 10.9. The average Bonchev–Trinajstić information content (AvgIpc) is 3.03. The van der Waals surface area contributed by atoms with E-state index < -0.39 is 0 Å². The topological polar surface area (TPSA) is 55.6 Å². The smallest absolute Gasteiger partial charge is 0.220 e. The highest BCUT2D eigenvalue weighted by atomic mass is 35.5. The van der Waals surface area contributed by atoms with E-state index in [0.29, 0.717) is 41.8 Å². The maximum Gasteiger partial charge on any atom is 0.220 e. The standard InChI is InChI=1S/C19H19Cl2N3O2/c1-13-4-2-5-18-23-15(12-24(13)18)11-22-19(25)6-3-9-26-17-8-7-14(20)10-16(17)21/h2,4-5,7-8,10,12H,3,6,9,11H2,1H3,(H,22,25). The molecule has 2 heterocycles. The van der Waals surface area contributed by atoms with Gasteiger partial charge in [-0.25, -0.2) is 4.98 Å². The number of imidazole rings is 1. The summed E-state index contributed by atoms with van der Waals surface area (Å²) >= 11 is 11.9. The summed E-state index contributed by atoms with van der Waals surface area (Å²) in [5.74, 6) is 0.529. The van der Waals surface area contributed by atoms with Crippen LogP contribution in [-0.4, -0.2) is 21.9 Å². The van der Waals surface area contributed by atoms with Crippen molar-refractivity contribution in [2.75, 3.05) is 6.61 Å². The number of amides is 1. The summed E-state index contributed by atoms with van der Waals surface area (Å²) < 4.78 is 7.58. The number of carbonyl (C=O) groups excluding carboxylic acids is 1. The summed E-state index contributed by atoms with van der Waals surface area (Å²) in [6.07, 6.45) is 2.91. The van der Waals surface area contributed by atoms with Crippen LogP contribution in [0.2, 0.25) is 10.0 Å². The Morgan fingerprint density at radius 2 is 2.12 bits per heavy atom. The molecule has 5 nitrogen and oxygen atoms in total. The highest BCUT2D eigenvalue weighted by Gasteiger charge is 2.07. The SMILES string of the molecule is Cc1cccc2nc(CNC(=O)CCCOc3ccc(Cl)cc3Cl)cn12. The van der Waals surface area contributed by atoms with Gasteiger partial charge in [0.15, 0.2) is 0 Å². The van der Waals surface area contributed by atoms with E-state index in [-0.39, 0.29) is 5.91 Å². The fraction of sp³-hybridized carbons (Fsp3) is 0.263. The maximum absolute atomic E-state index is 12.0. The molecule has 0 unspecified atom stereocenters. The third kappa shape index (κ3) is 4.68. The number of nitrogens with one attached hydrogen (secondary N) is 1. The minimum Gasteiger partial charge on any atom is -0.492 e. The van der Waals surface area contributed by atoms with Gasteiger partial charge in [-0.3, -0.25) is 4.79 Å². The fourth-order valence-corrected chi connectivity index (χ4v) is 3.03. The zero-order valence-electron chi connectivity index (χ0n) is 14.3. The van der Waals surface area contributed by atoms with E-state index in [0.717, 1.165) is 17.0 Å². The number of halogens is 2. The number of hydrogen-bond acceptors (Lipinski definition) is 3. The molecule has 0 saturated carbocycles. The summed E-state index contributed by atoms with van der Waals surface area (Å²) in [7, 11) is 0. The summed E-state index contributed by atoms with van der Waals surface area (Å²) in [6.45, 7) is 2.83. The zero-order chi connectivity index (χ0) is 18.5. The molecule has 3 rings (SSSR count). The molecule has 0 radical (unpaired) electrons. The van der Waals surface area contributed by atoms with Crippen molar-refractivity contribution in [3.63, 3.8) is 0 Å². The Morgan fingerprint density at radius 3 is 2.88 bits per heavy atom. The van der Waals surface area contributed by atoms with Gasteiger partial charge < -0.3 is 14.5 Å². The summed E-state index contributed by atoms with van der Waals surface area (Å²) in [6, 6.07) is 11.0. The Morgan fingerprint density at radius 1 is 1.27 bits per heavy atom. The summed E-state index contributed by atoms with van der Waals surface area (Å²) in [5.41, 5.74) is 2.81. The van der Waals surface area contributed by atoms with Crippen molar-refractivity contribution in [3.8, 4) is 5.75 Å². The third-order valence-electron chi connectivity index (χ3n) is 3.91. The minimum absolute atomic E-state index is 0.0374. The molecule has 1 amide bonds. The molecule has 0 bridgehead atoms. The predicted molar refractivity (Wildman–Crippen MR) is 103 cm³/mol. The first kappa shape index (κ1) is 18.5. The number of aromatic nitrogens is 2. The largest absolute Gasteiger partial charge is 0.492 e. The molecule has 0 fully saturated rings. The van der Waals surface area contributed by atoms with Gasteiger partial charge in [0.25, 0.3) is 0 Å². The van der Waals surface area contributed by atoms with Crippen LogP contribution in [0.25, 0.3) is 5.65 Å². The van der Waals surface area contributed by atoms with E-state index in [1.807, 2.05) is 35.7 Å². The molecule has 0 aliphatic heterocycles. The molecule has 0 saturated heterocycles. The third-order valence-corrected chi connectivity index (χ3v) is 4.44. The van der Waals surface area contributed by atoms with Gasteiger partial charge in [-0.15, -0.1) is 0 Å². The number of nitrogens with zero attached hydrogens (tertiary/aromatic N) is 2. The van der Waals surface area contributed by atoms with Gasteiger partial charge in [0.2, 0.25) is 5.91 Å². The highest BCUT2D eigenvalue weighted by molar-refractivity contribution is 6.35. The van der Waals surface area contributed by atoms with E-state index in [1.54, 1.807) is 18.2 Å². The van der Waals surface area contributed by atoms with Gasteiger partial charge in [0, 0.05) is 23.3 Å². The number of pyridine rings is 1. The van der Waals surface area contributed by atoms with Crippen molar-refractivity contribution >= 4 is 34.8 Å². The number of rotatable bonds is 7. The second-order valence-electron chi connectivity index (χ2n) is 5.93. The van der Waals surface area contributed by atoms with Crippen molar-refractivity contribution in [3.05, 3.63) is 64.0 Å². The van der Waals surface area contributed by atoms with Crippen molar-refractivity contribution in [2.24, 2.45) is 0 Å². The molecule has 7 heteroatoms. The van der Waals surface area contributed by atoms with E-state index in [1.165, 1.54) is 0 Å². The van der Waals surface area contributed by atoms with E-state index in [9.17, 15) is 4.79 Å². The lowest BCUT2D eigenvalue weighted by Crippen LogP contribution is -2.23. The number of hydrogen-bond donors (Lipinski definition) is 1. The monoisotopic (exact) mass is 391 g/mol. The average molecular weight is 392 g/mol. The van der Waals surface area contributed by atoms with Crippen LogP contribution < -0.4 is 10.1 Å². The molecule has 0 spiro atoms. The molecule has 0 aliphatic rings. The van der Waals surface area contributed by atoms with Crippen LogP contribution >= 0.6 is 23.2 Å². The van der Waals surface area contributed by atoms with Crippen LogP contribution in [0.15, 0.2) is 42.6 Å². The summed E-state index contributed by atoms with van der Waals surface area (Å²) in [5, 5.41) is 3.90. The van der Waals surface area contributed by atoms with Gasteiger partial charge in [-0.2, -0.15) is 0 Å². The minimum atomic E-state index is -0.0374. The molecular formula is C19H19Cl2N3O2. The van der Waals surface area contributed by atoms with E-state index in [4.69, 9.17) is 27.9 Å². The zero-order valence-corrected chi connectivity index (χ0v) is 15.8. The molecule has 26 heavy (non-hydrogen) atoms. The van der Waals surface area contributed by atoms with E-state index >= 15 is 0 Å². The molecule has 3 aromatic rings. The first-order valence-corrected chi connectivity index (χ1v) is 9.06. The van der Waals surface area contributed by atoms with E-state index in [2.05, 4.69) is 10.3 Å². The van der Waals surface area contributed by atoms with Crippen LogP contribution in [0.4, 0.5) is 0 Å². The van der Waals surface area contributed by atoms with Crippen molar-refractivity contribution in [1.29, 1.82) is 0 Å². The van der Waals surface area contributed by atoms with Crippen LogP contribution in [-0.2, 0) is 11.3 Å². The number of benzene rings is 1. The fourth-order valence-electron chi connectivity index (χ4n) is 2.57. The predicted octanol–water partition coefficient (Wildman–Crippen LogP) is 4.42. The van der Waals surface area contributed by atoms with Crippen LogP contribution in [0.1, 0.15) is 24.2 Å². The Balaban J connectivity index is 1.42. The van der Waals surface area contributed by atoms with Crippen molar-refractivity contribution in [2.45, 2.75) is 26.3 Å². The van der Waals surface area contributed by atoms with Crippen LogP contribution in [0, 0.1) is 6.92 Å². The number of ether oxygens (including phenoxy) is 1. The molecule has 2 aromatic heterocycles. The Bertz CT molecular complexity index is 924. The number of fused-ring (bicyclic) bond motifs is 1. The number of carbonyl (C=O) groups is 1. The Labute approximate surface area is 161 Å². The van der Waals surface area contributed by atoms with Gasteiger partial charge in [-0.05, 0) is 43.7 Å². The lowest BCUT2D eigenvalue weighted by Gasteiger charge is -2.08. The molecule has 0 atom stereocenters. The first-order valence-electron chi connectivity index (χ1n) is 8.31. The first-order chi connectivity index (χ1) is 12.5. The van der Waals surface area contributed by atoms with Gasteiger partial charge in [0.1, 0.15) is 11.4 Å². The van der Waals surface area contributed by atoms with Gasteiger partial charge >= 0.3 is 0 Å². The molecule has 1 aromatic carbocycles. The number of aryl methyl sites for hydroxylation is 1. The van der Waals surface area contributed by atoms with Gasteiger partial charge in [0.05, 0.1) is 23.9 Å². The summed E-state index contributed by atoms with van der Waals surface area (Å²) in [4.78, 5) is 16.5. The van der Waals surface area contributed by atoms with Gasteiger partial charge in [-0.1, -0.05) is 29.3 Å². The maximum atomic E-state index is 12.0. The molecular weight excluding hydrogens is 373 g/mol. The second kappa shape index (κ2) is 8.43. The lowest BCUT2D eigenvalue weighted by atomic mass is 10.3. The van der Waals surface area contributed by atoms with Crippen molar-refractivity contribution < 1.29 is 9.53 Å². The Kier molecular flexibility index (Phi) is 6.01. The van der Waals surface area contributed by atoms with Crippen LogP contribution in [0.3, 0.4) is 0 Å². The van der Waals surface area contributed by atoms with Crippen LogP contribution in [0.5, 0.6) is 5.75 Å². The lowest BCUT2D eigenvalue weighted by molar-refractivity contribution is -0.121.